The summed E-state index contributed by atoms with van der Waals surface area (Å²) in [5.74, 6) is 0. The van der Waals surface area contributed by atoms with Gasteiger partial charge in [0.05, 0.1) is 45.7 Å². The summed E-state index contributed by atoms with van der Waals surface area (Å²) in [5, 5.41) is 3.26. The molecule has 1 unspecified atom stereocenters. The van der Waals surface area contributed by atoms with Crippen LogP contribution in [-0.2, 0) is 18.9 Å². The molecule has 16 heavy (non-hydrogen) atoms. The van der Waals surface area contributed by atoms with Crippen molar-refractivity contribution in [3.63, 3.8) is 0 Å². The predicted molar refractivity (Wildman–Crippen MR) is 60.7 cm³/mol. The number of hydrogen-bond acceptors (Lipinski definition) is 5. The molecule has 1 aliphatic rings. The Labute approximate surface area is 97.4 Å². The van der Waals surface area contributed by atoms with Crippen molar-refractivity contribution < 1.29 is 18.9 Å². The maximum Gasteiger partial charge on any atom is 0.0712 e. The molecule has 1 heterocycles. The molecule has 0 saturated carbocycles. The molecule has 1 aliphatic heterocycles. The standard InChI is InChI=1S/C11H23NO4/c1-13-4-5-14-6-7-15-8-9-16-11-2-3-12-10-11/h11-12H,2-10H2,1H3. The van der Waals surface area contributed by atoms with Crippen molar-refractivity contribution in [1.82, 2.24) is 5.32 Å². The van der Waals surface area contributed by atoms with Crippen molar-refractivity contribution in [2.75, 3.05) is 59.8 Å². The van der Waals surface area contributed by atoms with E-state index in [9.17, 15) is 0 Å². The first-order valence-corrected chi connectivity index (χ1v) is 5.90. The predicted octanol–water partition coefficient (Wildman–Crippen LogP) is 0.0445. The number of rotatable bonds is 10. The fourth-order valence-electron chi connectivity index (χ4n) is 1.51. The van der Waals surface area contributed by atoms with Crippen molar-refractivity contribution in [2.24, 2.45) is 0 Å². The van der Waals surface area contributed by atoms with Gasteiger partial charge >= 0.3 is 0 Å². The van der Waals surface area contributed by atoms with Gasteiger partial charge in [0, 0.05) is 13.7 Å². The van der Waals surface area contributed by atoms with Crippen molar-refractivity contribution in [2.45, 2.75) is 12.5 Å². The van der Waals surface area contributed by atoms with Crippen molar-refractivity contribution in [3.8, 4) is 0 Å². The van der Waals surface area contributed by atoms with E-state index in [-0.39, 0.29) is 0 Å². The summed E-state index contributed by atoms with van der Waals surface area (Å²) >= 11 is 0. The minimum Gasteiger partial charge on any atom is -0.382 e. The van der Waals surface area contributed by atoms with Gasteiger partial charge in [-0.2, -0.15) is 0 Å². The fourth-order valence-corrected chi connectivity index (χ4v) is 1.51. The number of hydrogen-bond donors (Lipinski definition) is 1. The van der Waals surface area contributed by atoms with Gasteiger partial charge in [0.2, 0.25) is 0 Å². The molecule has 0 aliphatic carbocycles. The van der Waals surface area contributed by atoms with Crippen LogP contribution >= 0.6 is 0 Å². The van der Waals surface area contributed by atoms with Gasteiger partial charge in [-0.3, -0.25) is 0 Å². The average Bonchev–Trinajstić information content (AvgIpc) is 2.80. The van der Waals surface area contributed by atoms with Gasteiger partial charge in [-0.15, -0.1) is 0 Å². The minimum atomic E-state index is 0.376. The maximum atomic E-state index is 5.60. The first-order valence-electron chi connectivity index (χ1n) is 5.90. The SMILES string of the molecule is COCCOCCOCCOC1CCNC1. The van der Waals surface area contributed by atoms with Gasteiger partial charge in [0.15, 0.2) is 0 Å². The molecular formula is C11H23NO4. The Balaban J connectivity index is 1.71. The Morgan fingerprint density at radius 1 is 1.00 bits per heavy atom. The Kier molecular flexibility index (Phi) is 8.65. The molecule has 1 rings (SSSR count). The Hall–Kier alpha value is -0.200. The average molecular weight is 233 g/mol. The molecule has 0 amide bonds. The molecule has 5 heteroatoms. The van der Waals surface area contributed by atoms with Crippen LogP contribution < -0.4 is 5.32 Å². The van der Waals surface area contributed by atoms with E-state index in [4.69, 9.17) is 18.9 Å². The molecule has 0 spiro atoms. The Morgan fingerprint density at radius 2 is 1.69 bits per heavy atom. The van der Waals surface area contributed by atoms with Crippen LogP contribution in [0.5, 0.6) is 0 Å². The van der Waals surface area contributed by atoms with E-state index in [2.05, 4.69) is 5.32 Å². The largest absolute Gasteiger partial charge is 0.382 e. The third kappa shape index (κ3) is 7.14. The van der Waals surface area contributed by atoms with E-state index in [1.807, 2.05) is 0 Å². The summed E-state index contributed by atoms with van der Waals surface area (Å²) in [6.07, 6.45) is 1.49. The molecule has 0 aromatic heterocycles. The number of methoxy groups -OCH3 is 1. The van der Waals surface area contributed by atoms with Gasteiger partial charge in [0.25, 0.3) is 0 Å². The lowest BCUT2D eigenvalue weighted by molar-refractivity contribution is -0.0115. The topological polar surface area (TPSA) is 49.0 Å². The van der Waals surface area contributed by atoms with Gasteiger partial charge in [0.1, 0.15) is 0 Å². The van der Waals surface area contributed by atoms with Crippen LogP contribution in [0.15, 0.2) is 0 Å². The second-order valence-corrected chi connectivity index (χ2v) is 3.70. The molecular weight excluding hydrogens is 210 g/mol. The molecule has 96 valence electrons. The van der Waals surface area contributed by atoms with Crippen LogP contribution in [0.4, 0.5) is 0 Å². The lowest BCUT2D eigenvalue weighted by Gasteiger charge is -2.10. The van der Waals surface area contributed by atoms with Gasteiger partial charge in [-0.25, -0.2) is 0 Å². The molecule has 1 atom stereocenters. The summed E-state index contributed by atoms with van der Waals surface area (Å²) in [5.41, 5.74) is 0. The molecule has 0 bridgehead atoms. The molecule has 0 aromatic carbocycles. The highest BCUT2D eigenvalue weighted by atomic mass is 16.6. The lowest BCUT2D eigenvalue weighted by Crippen LogP contribution is -2.19. The third-order valence-electron chi connectivity index (χ3n) is 2.40. The summed E-state index contributed by atoms with van der Waals surface area (Å²) < 4.78 is 21.1. The summed E-state index contributed by atoms with van der Waals surface area (Å²) in [7, 11) is 1.66. The van der Waals surface area contributed by atoms with E-state index < -0.39 is 0 Å². The Bertz CT molecular complexity index is 151. The molecule has 1 fully saturated rings. The summed E-state index contributed by atoms with van der Waals surface area (Å²) in [6, 6.07) is 0. The minimum absolute atomic E-state index is 0.376. The van der Waals surface area contributed by atoms with E-state index in [1.54, 1.807) is 7.11 Å². The molecule has 1 saturated heterocycles. The monoisotopic (exact) mass is 233 g/mol. The highest BCUT2D eigenvalue weighted by Gasteiger charge is 2.13. The first-order chi connectivity index (χ1) is 7.93. The van der Waals surface area contributed by atoms with Crippen LogP contribution in [-0.4, -0.2) is 65.9 Å². The van der Waals surface area contributed by atoms with Crippen LogP contribution in [0.2, 0.25) is 0 Å². The molecule has 1 N–H and O–H groups in total. The highest BCUT2D eigenvalue weighted by molar-refractivity contribution is 4.70. The number of ether oxygens (including phenoxy) is 4. The first kappa shape index (κ1) is 13.9. The van der Waals surface area contributed by atoms with E-state index in [0.717, 1.165) is 19.5 Å². The summed E-state index contributed by atoms with van der Waals surface area (Å²) in [6.45, 7) is 5.86. The van der Waals surface area contributed by atoms with Crippen molar-refractivity contribution >= 4 is 0 Å². The molecule has 0 radical (unpaired) electrons. The van der Waals surface area contributed by atoms with Crippen molar-refractivity contribution in [1.29, 1.82) is 0 Å². The van der Waals surface area contributed by atoms with Gasteiger partial charge < -0.3 is 24.3 Å². The van der Waals surface area contributed by atoms with E-state index in [0.29, 0.717) is 45.7 Å². The maximum absolute atomic E-state index is 5.60. The van der Waals surface area contributed by atoms with Crippen LogP contribution in [0.25, 0.3) is 0 Å². The quantitative estimate of drug-likeness (QED) is 0.540. The zero-order chi connectivity index (χ0) is 11.5. The van der Waals surface area contributed by atoms with Crippen LogP contribution in [0.3, 0.4) is 0 Å². The fraction of sp³-hybridized carbons (Fsp3) is 1.00. The molecule has 5 nitrogen and oxygen atoms in total. The third-order valence-corrected chi connectivity index (χ3v) is 2.40. The van der Waals surface area contributed by atoms with E-state index >= 15 is 0 Å². The normalized spacial score (nSPS) is 20.4. The second kappa shape index (κ2) is 9.99. The van der Waals surface area contributed by atoms with Crippen molar-refractivity contribution in [3.05, 3.63) is 0 Å². The smallest absolute Gasteiger partial charge is 0.0712 e. The zero-order valence-corrected chi connectivity index (χ0v) is 10.1. The van der Waals surface area contributed by atoms with Crippen LogP contribution in [0, 0.1) is 0 Å². The van der Waals surface area contributed by atoms with Crippen LogP contribution in [0.1, 0.15) is 6.42 Å². The Morgan fingerprint density at radius 3 is 2.31 bits per heavy atom. The zero-order valence-electron chi connectivity index (χ0n) is 10.1. The highest BCUT2D eigenvalue weighted by Crippen LogP contribution is 2.01. The molecule has 0 aromatic rings. The number of nitrogens with one attached hydrogen (secondary N) is 1. The van der Waals surface area contributed by atoms with Gasteiger partial charge in [-0.1, -0.05) is 0 Å². The summed E-state index contributed by atoms with van der Waals surface area (Å²) in [4.78, 5) is 0. The van der Waals surface area contributed by atoms with E-state index in [1.165, 1.54) is 0 Å². The van der Waals surface area contributed by atoms with Gasteiger partial charge in [-0.05, 0) is 13.0 Å². The lowest BCUT2D eigenvalue weighted by atomic mass is 10.3. The second-order valence-electron chi connectivity index (χ2n) is 3.70.